The van der Waals surface area contributed by atoms with Crippen LogP contribution in [0.15, 0.2) is 27.2 Å². The molecule has 1 aliphatic carbocycles. The fourth-order valence-electron chi connectivity index (χ4n) is 2.78. The van der Waals surface area contributed by atoms with Gasteiger partial charge in [-0.3, -0.25) is 0 Å². The second-order valence-electron chi connectivity index (χ2n) is 4.90. The van der Waals surface area contributed by atoms with Gasteiger partial charge in [0.2, 0.25) is 0 Å². The summed E-state index contributed by atoms with van der Waals surface area (Å²) >= 11 is 3.46. The molecule has 0 unspecified atom stereocenters. The second-order valence-corrected chi connectivity index (χ2v) is 5.81. The normalized spacial score (nSPS) is 18.4. The number of halogens is 1. The zero-order valence-corrected chi connectivity index (χ0v) is 11.4. The highest BCUT2D eigenvalue weighted by atomic mass is 79.9. The van der Waals surface area contributed by atoms with Gasteiger partial charge in [0.15, 0.2) is 5.58 Å². The molecule has 1 aromatic heterocycles. The smallest absolute Gasteiger partial charge is 0.168 e. The fourth-order valence-corrected chi connectivity index (χ4v) is 3.12. The molecule has 1 aliphatic rings. The van der Waals surface area contributed by atoms with Crippen LogP contribution < -0.4 is 0 Å². The molecule has 3 heteroatoms. The number of benzene rings is 1. The van der Waals surface area contributed by atoms with Crippen molar-refractivity contribution < 1.29 is 4.52 Å². The van der Waals surface area contributed by atoms with E-state index in [0.29, 0.717) is 5.92 Å². The van der Waals surface area contributed by atoms with E-state index in [1.807, 2.05) is 6.07 Å². The maximum atomic E-state index is 5.44. The molecule has 17 heavy (non-hydrogen) atoms. The third-order valence-electron chi connectivity index (χ3n) is 3.70. The van der Waals surface area contributed by atoms with Gasteiger partial charge in [-0.05, 0) is 31.0 Å². The highest BCUT2D eigenvalue weighted by Gasteiger charge is 2.20. The molecule has 0 aliphatic heterocycles. The molecule has 0 bridgehead atoms. The first-order valence-electron chi connectivity index (χ1n) is 6.39. The van der Waals surface area contributed by atoms with E-state index in [-0.39, 0.29) is 0 Å². The number of fused-ring (bicyclic) bond motifs is 1. The van der Waals surface area contributed by atoms with Gasteiger partial charge in [-0.1, -0.05) is 46.8 Å². The molecule has 0 amide bonds. The molecule has 0 radical (unpaired) electrons. The molecule has 1 saturated carbocycles. The van der Waals surface area contributed by atoms with Crippen molar-refractivity contribution in [1.29, 1.82) is 0 Å². The first-order chi connectivity index (χ1) is 8.34. The first kappa shape index (κ1) is 11.3. The van der Waals surface area contributed by atoms with Crippen LogP contribution in [0.25, 0.3) is 11.0 Å². The van der Waals surface area contributed by atoms with E-state index in [1.165, 1.54) is 49.6 Å². The Kier molecular flexibility index (Phi) is 3.19. The number of aromatic nitrogens is 1. The van der Waals surface area contributed by atoms with Crippen molar-refractivity contribution in [3.05, 3.63) is 28.4 Å². The van der Waals surface area contributed by atoms with Crippen LogP contribution in [0.2, 0.25) is 0 Å². The Bertz CT molecular complexity index is 512. The van der Waals surface area contributed by atoms with Crippen molar-refractivity contribution in [2.45, 2.75) is 44.4 Å². The Morgan fingerprint density at radius 1 is 1.12 bits per heavy atom. The lowest BCUT2D eigenvalue weighted by atomic mass is 9.94. The summed E-state index contributed by atoms with van der Waals surface area (Å²) in [6.45, 7) is 0. The maximum Gasteiger partial charge on any atom is 0.168 e. The molecule has 1 heterocycles. The Morgan fingerprint density at radius 2 is 1.88 bits per heavy atom. The van der Waals surface area contributed by atoms with Crippen LogP contribution in [-0.4, -0.2) is 5.16 Å². The van der Waals surface area contributed by atoms with Crippen molar-refractivity contribution in [1.82, 2.24) is 5.16 Å². The SMILES string of the molecule is Brc1ccc2c(C3CCCCCC3)noc2c1. The van der Waals surface area contributed by atoms with Crippen molar-refractivity contribution in [2.24, 2.45) is 0 Å². The Morgan fingerprint density at radius 3 is 2.65 bits per heavy atom. The van der Waals surface area contributed by atoms with Gasteiger partial charge in [-0.15, -0.1) is 0 Å². The summed E-state index contributed by atoms with van der Waals surface area (Å²) in [4.78, 5) is 0. The van der Waals surface area contributed by atoms with E-state index < -0.39 is 0 Å². The fraction of sp³-hybridized carbons (Fsp3) is 0.500. The van der Waals surface area contributed by atoms with Crippen LogP contribution in [0.1, 0.15) is 50.1 Å². The first-order valence-corrected chi connectivity index (χ1v) is 7.19. The summed E-state index contributed by atoms with van der Waals surface area (Å²) < 4.78 is 6.49. The molecular formula is C14H16BrNO. The average Bonchev–Trinajstić information content (AvgIpc) is 2.57. The molecule has 90 valence electrons. The summed E-state index contributed by atoms with van der Waals surface area (Å²) in [6, 6.07) is 6.19. The van der Waals surface area contributed by atoms with Crippen LogP contribution in [0, 0.1) is 0 Å². The maximum absolute atomic E-state index is 5.44. The molecule has 2 nitrogen and oxygen atoms in total. The molecule has 0 saturated heterocycles. The Balaban J connectivity index is 1.98. The quantitative estimate of drug-likeness (QED) is 0.689. The van der Waals surface area contributed by atoms with Crippen LogP contribution in [-0.2, 0) is 0 Å². The third kappa shape index (κ3) is 2.25. The molecule has 1 aromatic carbocycles. The van der Waals surface area contributed by atoms with E-state index in [0.717, 1.165) is 10.1 Å². The van der Waals surface area contributed by atoms with E-state index in [9.17, 15) is 0 Å². The molecule has 0 spiro atoms. The van der Waals surface area contributed by atoms with Crippen LogP contribution >= 0.6 is 15.9 Å². The van der Waals surface area contributed by atoms with Gasteiger partial charge in [-0.2, -0.15) is 0 Å². The zero-order chi connectivity index (χ0) is 11.7. The van der Waals surface area contributed by atoms with E-state index in [1.54, 1.807) is 0 Å². The van der Waals surface area contributed by atoms with Gasteiger partial charge in [-0.25, -0.2) is 0 Å². The highest BCUT2D eigenvalue weighted by molar-refractivity contribution is 9.10. The topological polar surface area (TPSA) is 26.0 Å². The predicted octanol–water partition coefficient (Wildman–Crippen LogP) is 5.03. The number of hydrogen-bond donors (Lipinski definition) is 0. The van der Waals surface area contributed by atoms with Gasteiger partial charge in [0, 0.05) is 15.8 Å². The summed E-state index contributed by atoms with van der Waals surface area (Å²) in [6.07, 6.45) is 7.93. The lowest BCUT2D eigenvalue weighted by Crippen LogP contribution is -1.97. The number of rotatable bonds is 1. The van der Waals surface area contributed by atoms with Crippen molar-refractivity contribution in [3.8, 4) is 0 Å². The number of nitrogens with zero attached hydrogens (tertiary/aromatic N) is 1. The number of hydrogen-bond acceptors (Lipinski definition) is 2. The van der Waals surface area contributed by atoms with Crippen molar-refractivity contribution in [2.75, 3.05) is 0 Å². The van der Waals surface area contributed by atoms with Gasteiger partial charge >= 0.3 is 0 Å². The summed E-state index contributed by atoms with van der Waals surface area (Å²) in [5, 5.41) is 5.50. The largest absolute Gasteiger partial charge is 0.356 e. The minimum Gasteiger partial charge on any atom is -0.356 e. The second kappa shape index (κ2) is 4.81. The van der Waals surface area contributed by atoms with Crippen molar-refractivity contribution in [3.63, 3.8) is 0 Å². The minimum atomic E-state index is 0.597. The lowest BCUT2D eigenvalue weighted by Gasteiger charge is -2.10. The summed E-state index contributed by atoms with van der Waals surface area (Å²) in [5.41, 5.74) is 2.08. The molecular weight excluding hydrogens is 278 g/mol. The molecule has 1 fully saturated rings. The monoisotopic (exact) mass is 293 g/mol. The third-order valence-corrected chi connectivity index (χ3v) is 4.20. The summed E-state index contributed by atoms with van der Waals surface area (Å²) in [5.74, 6) is 0.597. The molecule has 2 aromatic rings. The molecule has 3 rings (SSSR count). The standard InChI is InChI=1S/C14H16BrNO/c15-11-7-8-12-13(9-11)17-16-14(12)10-5-3-1-2-4-6-10/h7-10H,1-6H2. The Hall–Kier alpha value is -0.830. The van der Waals surface area contributed by atoms with E-state index in [4.69, 9.17) is 4.52 Å². The Labute approximate surface area is 109 Å². The van der Waals surface area contributed by atoms with Gasteiger partial charge in [0.25, 0.3) is 0 Å². The van der Waals surface area contributed by atoms with E-state index in [2.05, 4.69) is 33.2 Å². The van der Waals surface area contributed by atoms with Gasteiger partial charge in [0.1, 0.15) is 0 Å². The zero-order valence-electron chi connectivity index (χ0n) is 9.79. The lowest BCUT2D eigenvalue weighted by molar-refractivity contribution is 0.428. The van der Waals surface area contributed by atoms with Crippen LogP contribution in [0.4, 0.5) is 0 Å². The average molecular weight is 294 g/mol. The molecule has 0 atom stereocenters. The van der Waals surface area contributed by atoms with E-state index >= 15 is 0 Å². The summed E-state index contributed by atoms with van der Waals surface area (Å²) in [7, 11) is 0. The predicted molar refractivity (Wildman–Crippen MR) is 72.2 cm³/mol. The van der Waals surface area contributed by atoms with Gasteiger partial charge < -0.3 is 4.52 Å². The van der Waals surface area contributed by atoms with Gasteiger partial charge in [0.05, 0.1) is 5.69 Å². The molecule has 0 N–H and O–H groups in total. The van der Waals surface area contributed by atoms with Crippen molar-refractivity contribution >= 4 is 26.9 Å². The van der Waals surface area contributed by atoms with Crippen LogP contribution in [0.3, 0.4) is 0 Å². The minimum absolute atomic E-state index is 0.597. The van der Waals surface area contributed by atoms with Crippen LogP contribution in [0.5, 0.6) is 0 Å². The highest BCUT2D eigenvalue weighted by Crippen LogP contribution is 2.35.